The van der Waals surface area contributed by atoms with Crippen LogP contribution < -0.4 is 14.8 Å². The van der Waals surface area contributed by atoms with Gasteiger partial charge >= 0.3 is 0 Å². The van der Waals surface area contributed by atoms with E-state index < -0.39 is 0 Å². The second kappa shape index (κ2) is 11.1. The predicted octanol–water partition coefficient (Wildman–Crippen LogP) is 6.82. The van der Waals surface area contributed by atoms with Crippen molar-refractivity contribution in [2.45, 2.75) is 45.4 Å². The molecule has 5 nitrogen and oxygen atoms in total. The molecule has 0 saturated carbocycles. The van der Waals surface area contributed by atoms with Gasteiger partial charge in [0, 0.05) is 16.8 Å². The number of benzene rings is 2. The summed E-state index contributed by atoms with van der Waals surface area (Å²) in [5.41, 5.74) is 3.57. The molecule has 33 heavy (non-hydrogen) atoms. The number of amides is 1. The van der Waals surface area contributed by atoms with Gasteiger partial charge in [0.15, 0.2) is 11.5 Å². The van der Waals surface area contributed by atoms with E-state index in [2.05, 4.69) is 5.32 Å². The molecule has 1 aliphatic rings. The number of carbonyl (C=O) groups is 1. The molecule has 1 aliphatic carbocycles. The first-order valence-corrected chi connectivity index (χ1v) is 12.4. The van der Waals surface area contributed by atoms with Gasteiger partial charge in [-0.2, -0.15) is 0 Å². The minimum absolute atomic E-state index is 0.0873. The molecule has 6 heteroatoms. The molecule has 0 aliphatic heterocycles. The molecule has 172 valence electrons. The van der Waals surface area contributed by atoms with Crippen molar-refractivity contribution in [1.82, 2.24) is 0 Å². The van der Waals surface area contributed by atoms with Gasteiger partial charge < -0.3 is 14.8 Å². The Balaban J connectivity index is 1.68. The third kappa shape index (κ3) is 5.63. The van der Waals surface area contributed by atoms with E-state index in [1.807, 2.05) is 55.5 Å². The molecule has 0 bridgehead atoms. The van der Waals surface area contributed by atoms with Gasteiger partial charge in [0.05, 0.1) is 19.3 Å². The number of methoxy groups -OCH3 is 1. The van der Waals surface area contributed by atoms with Gasteiger partial charge in [0.2, 0.25) is 0 Å². The number of aryl methyl sites for hydroxylation is 1. The number of para-hydroxylation sites is 1. The number of nitrogens with one attached hydrogen (secondary N) is 1. The minimum Gasteiger partial charge on any atom is -0.493 e. The average molecular weight is 463 g/mol. The fourth-order valence-electron chi connectivity index (χ4n) is 4.12. The summed E-state index contributed by atoms with van der Waals surface area (Å²) in [4.78, 5) is 19.5. The van der Waals surface area contributed by atoms with Crippen molar-refractivity contribution in [2.24, 2.45) is 4.99 Å². The van der Waals surface area contributed by atoms with E-state index in [4.69, 9.17) is 14.5 Å². The van der Waals surface area contributed by atoms with Crippen molar-refractivity contribution in [3.05, 3.63) is 70.1 Å². The maximum atomic E-state index is 13.4. The molecule has 1 N–H and O–H groups in total. The van der Waals surface area contributed by atoms with E-state index in [-0.39, 0.29) is 5.91 Å². The number of hydrogen-bond donors (Lipinski definition) is 1. The fraction of sp³-hybridized carbons (Fsp3) is 0.333. The maximum absolute atomic E-state index is 13.4. The van der Waals surface area contributed by atoms with Crippen LogP contribution in [-0.2, 0) is 12.8 Å². The van der Waals surface area contributed by atoms with Crippen LogP contribution in [0.15, 0.2) is 53.5 Å². The minimum atomic E-state index is -0.0873. The van der Waals surface area contributed by atoms with Crippen LogP contribution in [0.4, 0.5) is 10.7 Å². The smallest absolute Gasteiger partial charge is 0.259 e. The van der Waals surface area contributed by atoms with E-state index in [9.17, 15) is 4.79 Å². The summed E-state index contributed by atoms with van der Waals surface area (Å²) < 4.78 is 11.1. The van der Waals surface area contributed by atoms with E-state index >= 15 is 0 Å². The van der Waals surface area contributed by atoms with Crippen molar-refractivity contribution >= 4 is 34.1 Å². The highest BCUT2D eigenvalue weighted by atomic mass is 32.1. The Morgan fingerprint density at radius 2 is 1.85 bits per heavy atom. The van der Waals surface area contributed by atoms with Crippen molar-refractivity contribution in [1.29, 1.82) is 0 Å². The summed E-state index contributed by atoms with van der Waals surface area (Å²) in [5.74, 6) is 1.29. The first-order chi connectivity index (χ1) is 16.2. The van der Waals surface area contributed by atoms with Gasteiger partial charge in [-0.15, -0.1) is 11.3 Å². The zero-order valence-corrected chi connectivity index (χ0v) is 20.0. The van der Waals surface area contributed by atoms with Gasteiger partial charge in [-0.1, -0.05) is 31.0 Å². The van der Waals surface area contributed by atoms with Crippen LogP contribution in [0, 0.1) is 0 Å². The van der Waals surface area contributed by atoms with Crippen LogP contribution in [0.25, 0.3) is 0 Å². The van der Waals surface area contributed by atoms with Gasteiger partial charge in [-0.05, 0) is 74.1 Å². The largest absolute Gasteiger partial charge is 0.493 e. The molecular weight excluding hydrogens is 432 g/mol. The second-order valence-corrected chi connectivity index (χ2v) is 9.10. The number of ether oxygens (including phenoxy) is 2. The van der Waals surface area contributed by atoms with Crippen molar-refractivity contribution in [3.63, 3.8) is 0 Å². The lowest BCUT2D eigenvalue weighted by Crippen LogP contribution is -2.14. The molecule has 0 atom stereocenters. The standard InChI is InChI=1S/C27H30N2O3S/c1-3-32-22-16-15-19(17-23(22)31-2)18-28-27-25(26(30)29-20-11-7-6-8-12-20)21-13-9-4-5-10-14-24(21)33-27/h6-8,11-12,15-18H,3-5,9-10,13-14H2,1-2H3,(H,29,30). The number of fused-ring (bicyclic) bond motifs is 1. The van der Waals surface area contributed by atoms with Crippen molar-refractivity contribution < 1.29 is 14.3 Å². The van der Waals surface area contributed by atoms with Gasteiger partial charge in [0.1, 0.15) is 5.00 Å². The molecule has 0 spiro atoms. The van der Waals surface area contributed by atoms with Crippen LogP contribution in [0.1, 0.15) is 59.0 Å². The number of aliphatic imine (C=N–C) groups is 1. The lowest BCUT2D eigenvalue weighted by Gasteiger charge is -2.12. The van der Waals surface area contributed by atoms with Crippen molar-refractivity contribution in [2.75, 3.05) is 19.0 Å². The SMILES string of the molecule is CCOc1ccc(C=Nc2sc3c(c2C(=O)Nc2ccccc2)CCCCCC3)cc1OC. The lowest BCUT2D eigenvalue weighted by atomic mass is 9.96. The molecule has 3 aromatic rings. The molecule has 0 radical (unpaired) electrons. The number of hydrogen-bond acceptors (Lipinski definition) is 5. The molecule has 2 aromatic carbocycles. The number of nitrogens with zero attached hydrogens (tertiary/aromatic N) is 1. The highest BCUT2D eigenvalue weighted by molar-refractivity contribution is 7.16. The Kier molecular flexibility index (Phi) is 7.79. The molecule has 0 saturated heterocycles. The molecule has 1 aromatic heterocycles. The second-order valence-electron chi connectivity index (χ2n) is 8.02. The third-order valence-corrected chi connectivity index (χ3v) is 6.93. The van der Waals surface area contributed by atoms with Crippen LogP contribution in [0.5, 0.6) is 11.5 Å². The van der Waals surface area contributed by atoms with Crippen LogP contribution in [0.3, 0.4) is 0 Å². The normalized spacial score (nSPS) is 13.8. The highest BCUT2D eigenvalue weighted by Gasteiger charge is 2.24. The summed E-state index contributed by atoms with van der Waals surface area (Å²) in [6, 6.07) is 15.3. The average Bonchev–Trinajstić information content (AvgIpc) is 3.15. The lowest BCUT2D eigenvalue weighted by molar-refractivity contribution is 0.102. The van der Waals surface area contributed by atoms with Gasteiger partial charge in [-0.25, -0.2) is 4.99 Å². The number of carbonyl (C=O) groups excluding carboxylic acids is 1. The first kappa shape index (κ1) is 23.1. The molecular formula is C27H30N2O3S. The predicted molar refractivity (Wildman–Crippen MR) is 136 cm³/mol. The zero-order chi connectivity index (χ0) is 23.0. The summed E-state index contributed by atoms with van der Waals surface area (Å²) in [7, 11) is 1.63. The summed E-state index contributed by atoms with van der Waals surface area (Å²) in [5, 5.41) is 3.83. The quantitative estimate of drug-likeness (QED) is 0.392. The van der Waals surface area contributed by atoms with Crippen LogP contribution in [-0.4, -0.2) is 25.8 Å². The first-order valence-electron chi connectivity index (χ1n) is 11.6. The summed E-state index contributed by atoms with van der Waals surface area (Å²) in [6.07, 6.45) is 8.46. The number of rotatable bonds is 7. The monoisotopic (exact) mass is 462 g/mol. The van der Waals surface area contributed by atoms with Gasteiger partial charge in [-0.3, -0.25) is 4.79 Å². The Bertz CT molecular complexity index is 1120. The number of thiophene rings is 1. The Morgan fingerprint density at radius 3 is 2.61 bits per heavy atom. The molecule has 1 amide bonds. The molecule has 0 fully saturated rings. The van der Waals surface area contributed by atoms with Gasteiger partial charge in [0.25, 0.3) is 5.91 Å². The fourth-order valence-corrected chi connectivity index (χ4v) is 5.35. The third-order valence-electron chi connectivity index (χ3n) is 5.73. The maximum Gasteiger partial charge on any atom is 0.259 e. The zero-order valence-electron chi connectivity index (χ0n) is 19.2. The van der Waals surface area contributed by atoms with Crippen LogP contribution in [0.2, 0.25) is 0 Å². The Morgan fingerprint density at radius 1 is 1.06 bits per heavy atom. The molecule has 4 rings (SSSR count). The summed E-state index contributed by atoms with van der Waals surface area (Å²) in [6.45, 7) is 2.52. The van der Waals surface area contributed by atoms with E-state index in [0.717, 1.165) is 47.5 Å². The van der Waals surface area contributed by atoms with Crippen LogP contribution >= 0.6 is 11.3 Å². The number of anilines is 1. The van der Waals surface area contributed by atoms with E-state index in [1.54, 1.807) is 24.7 Å². The highest BCUT2D eigenvalue weighted by Crippen LogP contribution is 2.39. The Labute approximate surface area is 199 Å². The Hall–Kier alpha value is -3.12. The molecule has 1 heterocycles. The van der Waals surface area contributed by atoms with E-state index in [0.29, 0.717) is 18.1 Å². The van der Waals surface area contributed by atoms with Crippen molar-refractivity contribution in [3.8, 4) is 11.5 Å². The summed E-state index contributed by atoms with van der Waals surface area (Å²) >= 11 is 1.65. The molecule has 0 unspecified atom stereocenters. The topological polar surface area (TPSA) is 59.9 Å². The van der Waals surface area contributed by atoms with E-state index in [1.165, 1.54) is 23.3 Å².